The molecule has 1 aliphatic heterocycles. The number of methoxy groups -OCH3 is 2. The van der Waals surface area contributed by atoms with Crippen LogP contribution < -0.4 is 14.4 Å². The van der Waals surface area contributed by atoms with E-state index in [1.807, 2.05) is 47.4 Å². The first-order valence-electron chi connectivity index (χ1n) is 10.1. The molecular weight excluding hydrogens is 368 g/mol. The monoisotopic (exact) mass is 396 g/mol. The number of aliphatic hydroxyl groups is 1. The smallest absolute Gasteiger partial charge is 0.224 e. The highest BCUT2D eigenvalue weighted by molar-refractivity contribution is 5.79. The molecule has 2 aromatic carbocycles. The largest absolute Gasteiger partial charge is 0.497 e. The van der Waals surface area contributed by atoms with Gasteiger partial charge in [-0.05, 0) is 54.3 Å². The Morgan fingerprint density at radius 3 is 2.59 bits per heavy atom. The molecular formula is C23H28N2O4. The van der Waals surface area contributed by atoms with E-state index in [1.165, 1.54) is 0 Å². The molecule has 0 saturated heterocycles. The number of fused-ring (bicyclic) bond motifs is 1. The predicted octanol–water partition coefficient (Wildman–Crippen LogP) is 3.14. The predicted molar refractivity (Wildman–Crippen MR) is 111 cm³/mol. The fraction of sp³-hybridized carbons (Fsp3) is 0.435. The van der Waals surface area contributed by atoms with Crippen molar-refractivity contribution in [3.63, 3.8) is 0 Å². The van der Waals surface area contributed by atoms with Crippen molar-refractivity contribution in [2.24, 2.45) is 0 Å². The molecule has 4 rings (SSSR count). The number of carbonyl (C=O) groups excluding carboxylic acids is 1. The van der Waals surface area contributed by atoms with Crippen molar-refractivity contribution >= 4 is 11.6 Å². The molecule has 1 aliphatic carbocycles. The maximum Gasteiger partial charge on any atom is 0.224 e. The Kier molecular flexibility index (Phi) is 5.62. The molecule has 6 nitrogen and oxygen atoms in total. The van der Waals surface area contributed by atoms with Gasteiger partial charge < -0.3 is 24.4 Å². The van der Waals surface area contributed by atoms with Gasteiger partial charge in [0.15, 0.2) is 0 Å². The Hall–Kier alpha value is -2.73. The molecule has 29 heavy (non-hydrogen) atoms. The second-order valence-corrected chi connectivity index (χ2v) is 7.74. The van der Waals surface area contributed by atoms with Crippen LogP contribution in [0.2, 0.25) is 0 Å². The lowest BCUT2D eigenvalue weighted by atomic mass is 10.0. The number of benzene rings is 2. The van der Waals surface area contributed by atoms with E-state index in [-0.39, 0.29) is 5.91 Å². The molecule has 1 atom stereocenters. The van der Waals surface area contributed by atoms with E-state index < -0.39 is 6.10 Å². The molecule has 1 fully saturated rings. The first-order chi connectivity index (χ1) is 14.1. The van der Waals surface area contributed by atoms with Gasteiger partial charge in [0.2, 0.25) is 5.91 Å². The molecule has 1 N–H and O–H groups in total. The molecule has 2 aliphatic rings. The van der Waals surface area contributed by atoms with Crippen LogP contribution in [0.3, 0.4) is 0 Å². The van der Waals surface area contributed by atoms with Gasteiger partial charge in [0.1, 0.15) is 11.5 Å². The van der Waals surface area contributed by atoms with Gasteiger partial charge in [0, 0.05) is 37.8 Å². The van der Waals surface area contributed by atoms with E-state index in [2.05, 4.69) is 4.90 Å². The Morgan fingerprint density at radius 2 is 1.86 bits per heavy atom. The number of rotatable bonds is 6. The van der Waals surface area contributed by atoms with E-state index in [4.69, 9.17) is 9.47 Å². The molecule has 0 radical (unpaired) electrons. The molecule has 1 amide bonds. The minimum atomic E-state index is -0.686. The van der Waals surface area contributed by atoms with Gasteiger partial charge in [0.05, 0.1) is 20.3 Å². The lowest BCUT2D eigenvalue weighted by Crippen LogP contribution is -2.40. The van der Waals surface area contributed by atoms with Gasteiger partial charge in [-0.3, -0.25) is 4.79 Å². The lowest BCUT2D eigenvalue weighted by molar-refractivity contribution is -0.132. The minimum Gasteiger partial charge on any atom is -0.497 e. The number of aliphatic hydroxyl groups excluding tert-OH is 1. The summed E-state index contributed by atoms with van der Waals surface area (Å²) >= 11 is 0. The van der Waals surface area contributed by atoms with Gasteiger partial charge >= 0.3 is 0 Å². The van der Waals surface area contributed by atoms with Gasteiger partial charge in [-0.15, -0.1) is 0 Å². The molecule has 1 unspecified atom stereocenters. The summed E-state index contributed by atoms with van der Waals surface area (Å²) in [5, 5.41) is 10.9. The van der Waals surface area contributed by atoms with Crippen LogP contribution in [0, 0.1) is 0 Å². The van der Waals surface area contributed by atoms with Crippen molar-refractivity contribution in [1.82, 2.24) is 4.90 Å². The van der Waals surface area contributed by atoms with Crippen LogP contribution in [-0.2, 0) is 11.3 Å². The zero-order valence-electron chi connectivity index (χ0n) is 17.0. The third-order valence-corrected chi connectivity index (χ3v) is 5.74. The number of hydrogen-bond donors (Lipinski definition) is 1. The summed E-state index contributed by atoms with van der Waals surface area (Å²) in [5.41, 5.74) is 2.90. The Morgan fingerprint density at radius 1 is 1.10 bits per heavy atom. The Balaban J connectivity index is 1.62. The Bertz CT molecular complexity index is 881. The molecule has 0 bridgehead atoms. The highest BCUT2D eigenvalue weighted by atomic mass is 16.5. The second-order valence-electron chi connectivity index (χ2n) is 7.74. The summed E-state index contributed by atoms with van der Waals surface area (Å²) in [6.07, 6.45) is 1.94. The van der Waals surface area contributed by atoms with Crippen LogP contribution in [0.1, 0.15) is 36.5 Å². The van der Waals surface area contributed by atoms with Gasteiger partial charge in [-0.1, -0.05) is 12.1 Å². The number of hydrogen-bond acceptors (Lipinski definition) is 5. The fourth-order valence-electron chi connectivity index (χ4n) is 3.96. The van der Waals surface area contributed by atoms with Crippen LogP contribution >= 0.6 is 0 Å². The number of anilines is 1. The minimum absolute atomic E-state index is 0.182. The van der Waals surface area contributed by atoms with E-state index in [0.717, 1.165) is 41.2 Å². The van der Waals surface area contributed by atoms with E-state index >= 15 is 0 Å². The van der Waals surface area contributed by atoms with E-state index in [9.17, 15) is 9.90 Å². The molecule has 2 aromatic rings. The maximum atomic E-state index is 12.8. The van der Waals surface area contributed by atoms with Crippen molar-refractivity contribution in [1.29, 1.82) is 0 Å². The zero-order chi connectivity index (χ0) is 20.4. The molecule has 0 aromatic heterocycles. The summed E-state index contributed by atoms with van der Waals surface area (Å²) in [6.45, 7) is 1.56. The average Bonchev–Trinajstić information content (AvgIpc) is 3.58. The summed E-state index contributed by atoms with van der Waals surface area (Å²) < 4.78 is 10.7. The average molecular weight is 396 g/mol. The van der Waals surface area contributed by atoms with Crippen LogP contribution in [0.25, 0.3) is 0 Å². The molecule has 1 saturated carbocycles. The number of carbonyl (C=O) groups is 1. The third-order valence-electron chi connectivity index (χ3n) is 5.74. The van der Waals surface area contributed by atoms with Crippen molar-refractivity contribution in [3.05, 3.63) is 53.6 Å². The zero-order valence-corrected chi connectivity index (χ0v) is 17.0. The summed E-state index contributed by atoms with van der Waals surface area (Å²) in [5.74, 6) is 1.68. The van der Waals surface area contributed by atoms with Crippen LogP contribution in [0.4, 0.5) is 5.69 Å². The highest BCUT2D eigenvalue weighted by Gasteiger charge is 2.34. The van der Waals surface area contributed by atoms with Crippen LogP contribution in [0.15, 0.2) is 42.5 Å². The Labute approximate surface area is 171 Å². The normalized spacial score (nSPS) is 18.0. The standard InChI is InChI=1S/C23H28N2O4/c1-28-19-5-3-4-16(12-19)22(26)15-24-11-10-23(27)25(18-6-7-18)14-17-13-20(29-2)8-9-21(17)24/h3-5,8-9,12-13,18,22,26H,6-7,10-11,14-15H2,1-2H3. The van der Waals surface area contributed by atoms with Crippen molar-refractivity contribution in [2.75, 3.05) is 32.2 Å². The fourth-order valence-corrected chi connectivity index (χ4v) is 3.96. The van der Waals surface area contributed by atoms with Crippen molar-refractivity contribution in [2.45, 2.75) is 38.0 Å². The molecule has 6 heteroatoms. The van der Waals surface area contributed by atoms with Gasteiger partial charge in [0.25, 0.3) is 0 Å². The SMILES string of the molecule is COc1cccc(C(O)CN2CCC(=O)N(C3CC3)Cc3cc(OC)ccc32)c1. The number of amides is 1. The summed E-state index contributed by atoms with van der Waals surface area (Å²) in [4.78, 5) is 16.9. The highest BCUT2D eigenvalue weighted by Crippen LogP contribution is 2.35. The van der Waals surface area contributed by atoms with E-state index in [1.54, 1.807) is 14.2 Å². The summed E-state index contributed by atoms with van der Waals surface area (Å²) in [7, 11) is 3.27. The summed E-state index contributed by atoms with van der Waals surface area (Å²) in [6, 6.07) is 13.8. The molecule has 0 spiro atoms. The number of β-amino-alcohol motifs (C(OH)–C–C–N with tert-alkyl or cyclic N) is 1. The molecule has 1 heterocycles. The topological polar surface area (TPSA) is 62.2 Å². The molecule has 154 valence electrons. The third kappa shape index (κ3) is 4.32. The van der Waals surface area contributed by atoms with Crippen LogP contribution in [0.5, 0.6) is 11.5 Å². The first-order valence-corrected chi connectivity index (χ1v) is 10.1. The van der Waals surface area contributed by atoms with E-state index in [0.29, 0.717) is 32.1 Å². The quantitative estimate of drug-likeness (QED) is 0.813. The van der Waals surface area contributed by atoms with Crippen molar-refractivity contribution in [3.8, 4) is 11.5 Å². The van der Waals surface area contributed by atoms with Gasteiger partial charge in [-0.2, -0.15) is 0 Å². The second kappa shape index (κ2) is 8.33. The number of ether oxygens (including phenoxy) is 2. The first kappa shape index (κ1) is 19.6. The van der Waals surface area contributed by atoms with Crippen LogP contribution in [-0.4, -0.2) is 49.3 Å². The van der Waals surface area contributed by atoms with Crippen molar-refractivity contribution < 1.29 is 19.4 Å². The van der Waals surface area contributed by atoms with Gasteiger partial charge in [-0.25, -0.2) is 0 Å². The number of nitrogens with zero attached hydrogens (tertiary/aromatic N) is 2. The maximum absolute atomic E-state index is 12.8. The lowest BCUT2D eigenvalue weighted by Gasteiger charge is -2.34.